The Morgan fingerprint density at radius 2 is 1.77 bits per heavy atom. The van der Waals surface area contributed by atoms with Gasteiger partial charge in [0.25, 0.3) is 0 Å². The molecule has 0 spiro atoms. The molecule has 3 N–H and O–H groups in total. The molecule has 0 aliphatic carbocycles. The lowest BCUT2D eigenvalue weighted by Gasteiger charge is -2.10. The summed E-state index contributed by atoms with van der Waals surface area (Å²) in [5.74, 6) is 1.54. The summed E-state index contributed by atoms with van der Waals surface area (Å²) in [6, 6.07) is 15.8. The number of pyridine rings is 1. The number of benzene rings is 2. The molecule has 5 rings (SSSR count). The molecule has 0 unspecified atom stereocenters. The van der Waals surface area contributed by atoms with E-state index in [2.05, 4.69) is 20.3 Å². The Labute approximate surface area is 181 Å². The van der Waals surface area contributed by atoms with Crippen LogP contribution in [0.3, 0.4) is 0 Å². The Kier molecular flexibility index (Phi) is 5.01. The molecule has 1 aliphatic heterocycles. The molecule has 4 aromatic rings. The normalized spacial score (nSPS) is 12.0. The first-order valence-corrected chi connectivity index (χ1v) is 10.1. The van der Waals surface area contributed by atoms with E-state index in [-0.39, 0.29) is 18.6 Å². The van der Waals surface area contributed by atoms with Gasteiger partial charge in [0.05, 0.1) is 5.69 Å². The van der Waals surface area contributed by atoms with Gasteiger partial charge in [-0.2, -0.15) is 4.98 Å². The van der Waals surface area contributed by atoms with Crippen LogP contribution in [0.2, 0.25) is 0 Å². The Morgan fingerprint density at radius 1 is 0.935 bits per heavy atom. The fraction of sp³-hybridized carbons (Fsp3) is 0.0455. The third-order valence-corrected chi connectivity index (χ3v) is 5.55. The zero-order valence-electron chi connectivity index (χ0n) is 16.1. The van der Waals surface area contributed by atoms with E-state index in [4.69, 9.17) is 15.2 Å². The van der Waals surface area contributed by atoms with Gasteiger partial charge in [-0.25, -0.2) is 9.37 Å². The fourth-order valence-corrected chi connectivity index (χ4v) is 3.88. The van der Waals surface area contributed by atoms with Crippen molar-refractivity contribution in [2.45, 2.75) is 9.79 Å². The molecule has 0 fully saturated rings. The van der Waals surface area contributed by atoms with E-state index < -0.39 is 0 Å². The van der Waals surface area contributed by atoms with E-state index in [1.165, 1.54) is 17.8 Å². The molecule has 0 atom stereocenters. The zero-order chi connectivity index (χ0) is 21.2. The van der Waals surface area contributed by atoms with Crippen LogP contribution in [-0.4, -0.2) is 21.7 Å². The lowest BCUT2D eigenvalue weighted by atomic mass is 10.1. The number of hydrogen-bond donors (Lipinski definition) is 2. The highest BCUT2D eigenvalue weighted by Crippen LogP contribution is 2.36. The largest absolute Gasteiger partial charge is 0.454 e. The standard InChI is InChI=1S/C22H16FN5O2S/c23-16-10-14(2-4-20(16)31-15-5-7-25-8-6-15)26-21-11-17(27-22(24)28-21)13-1-3-18-19(9-13)30-12-29-18/h1-11H,12H2,(H3,24,26,27,28). The molecule has 9 heteroatoms. The van der Waals surface area contributed by atoms with Crippen molar-refractivity contribution in [3.8, 4) is 22.8 Å². The number of halogens is 1. The summed E-state index contributed by atoms with van der Waals surface area (Å²) in [5, 5.41) is 3.09. The first-order chi connectivity index (χ1) is 15.1. The molecule has 2 aromatic carbocycles. The lowest BCUT2D eigenvalue weighted by Crippen LogP contribution is -2.02. The van der Waals surface area contributed by atoms with Gasteiger partial charge in [-0.1, -0.05) is 11.8 Å². The monoisotopic (exact) mass is 433 g/mol. The molecule has 0 radical (unpaired) electrons. The van der Waals surface area contributed by atoms with Crippen molar-refractivity contribution in [2.24, 2.45) is 0 Å². The second-order valence-electron chi connectivity index (χ2n) is 6.62. The van der Waals surface area contributed by atoms with E-state index >= 15 is 0 Å². The number of ether oxygens (including phenoxy) is 2. The third-order valence-electron chi connectivity index (χ3n) is 4.49. The van der Waals surface area contributed by atoms with Crippen LogP contribution in [0.1, 0.15) is 0 Å². The van der Waals surface area contributed by atoms with Crippen LogP contribution in [0.4, 0.5) is 21.8 Å². The minimum atomic E-state index is -0.343. The van der Waals surface area contributed by atoms with Gasteiger partial charge in [-0.05, 0) is 48.5 Å². The SMILES string of the molecule is Nc1nc(Nc2ccc(Sc3ccncc3)c(F)c2)cc(-c2ccc3c(c2)OCO3)n1. The molecule has 31 heavy (non-hydrogen) atoms. The van der Waals surface area contributed by atoms with Crippen molar-refractivity contribution < 1.29 is 13.9 Å². The maximum absolute atomic E-state index is 14.6. The molecule has 7 nitrogen and oxygen atoms in total. The van der Waals surface area contributed by atoms with Gasteiger partial charge in [0.2, 0.25) is 12.7 Å². The van der Waals surface area contributed by atoms with E-state index in [0.717, 1.165) is 10.5 Å². The predicted molar refractivity (Wildman–Crippen MR) is 116 cm³/mol. The smallest absolute Gasteiger partial charge is 0.231 e. The van der Waals surface area contributed by atoms with Crippen molar-refractivity contribution in [2.75, 3.05) is 17.8 Å². The van der Waals surface area contributed by atoms with Crippen molar-refractivity contribution in [1.82, 2.24) is 15.0 Å². The highest BCUT2D eigenvalue weighted by atomic mass is 32.2. The van der Waals surface area contributed by atoms with Gasteiger partial charge in [-0.3, -0.25) is 4.98 Å². The van der Waals surface area contributed by atoms with Crippen LogP contribution < -0.4 is 20.5 Å². The van der Waals surface area contributed by atoms with Gasteiger partial charge in [-0.15, -0.1) is 0 Å². The van der Waals surface area contributed by atoms with E-state index in [0.29, 0.717) is 33.6 Å². The molecule has 0 amide bonds. The minimum Gasteiger partial charge on any atom is -0.454 e. The van der Waals surface area contributed by atoms with Crippen LogP contribution >= 0.6 is 11.8 Å². The number of rotatable bonds is 5. The Balaban J connectivity index is 1.38. The van der Waals surface area contributed by atoms with Crippen LogP contribution in [-0.2, 0) is 0 Å². The first-order valence-electron chi connectivity index (χ1n) is 9.33. The second kappa shape index (κ2) is 8.11. The maximum atomic E-state index is 14.6. The molecule has 154 valence electrons. The molecule has 3 heterocycles. The number of fused-ring (bicyclic) bond motifs is 1. The third kappa shape index (κ3) is 4.22. The average molecular weight is 433 g/mol. The summed E-state index contributed by atoms with van der Waals surface area (Å²) >= 11 is 1.33. The summed E-state index contributed by atoms with van der Waals surface area (Å²) in [4.78, 5) is 13.9. The van der Waals surface area contributed by atoms with Gasteiger partial charge in [0.1, 0.15) is 11.6 Å². The molecule has 1 aliphatic rings. The molecule has 0 saturated heterocycles. The van der Waals surface area contributed by atoms with E-state index in [9.17, 15) is 4.39 Å². The van der Waals surface area contributed by atoms with Gasteiger partial charge >= 0.3 is 0 Å². The van der Waals surface area contributed by atoms with Crippen molar-refractivity contribution in [3.05, 3.63) is 72.8 Å². The molecule has 0 bridgehead atoms. The number of hydrogen-bond acceptors (Lipinski definition) is 8. The summed E-state index contributed by atoms with van der Waals surface area (Å²) < 4.78 is 25.4. The Hall–Kier alpha value is -3.85. The molecular formula is C22H16FN5O2S. The summed E-state index contributed by atoms with van der Waals surface area (Å²) in [6.45, 7) is 0.193. The summed E-state index contributed by atoms with van der Waals surface area (Å²) in [7, 11) is 0. The minimum absolute atomic E-state index is 0.100. The average Bonchev–Trinajstić information content (AvgIpc) is 3.24. The Morgan fingerprint density at radius 3 is 2.61 bits per heavy atom. The predicted octanol–water partition coefficient (Wildman–Crippen LogP) is 4.88. The fourth-order valence-electron chi connectivity index (χ4n) is 3.08. The number of nitrogen functional groups attached to an aromatic ring is 1. The number of nitrogens with zero attached hydrogens (tertiary/aromatic N) is 3. The molecular weight excluding hydrogens is 417 g/mol. The summed E-state index contributed by atoms with van der Waals surface area (Å²) in [6.07, 6.45) is 3.35. The van der Waals surface area contributed by atoms with Crippen LogP contribution in [0.25, 0.3) is 11.3 Å². The highest BCUT2D eigenvalue weighted by Gasteiger charge is 2.15. The summed E-state index contributed by atoms with van der Waals surface area (Å²) in [5.41, 5.74) is 7.86. The molecule has 2 aromatic heterocycles. The van der Waals surface area contributed by atoms with Crippen LogP contribution in [0.5, 0.6) is 11.5 Å². The van der Waals surface area contributed by atoms with Gasteiger partial charge in [0.15, 0.2) is 11.5 Å². The van der Waals surface area contributed by atoms with E-state index in [1.54, 1.807) is 30.6 Å². The van der Waals surface area contributed by atoms with Crippen LogP contribution in [0.15, 0.2) is 76.8 Å². The van der Waals surface area contributed by atoms with Crippen LogP contribution in [0, 0.1) is 5.82 Å². The van der Waals surface area contributed by atoms with E-state index in [1.807, 2.05) is 30.3 Å². The zero-order valence-corrected chi connectivity index (χ0v) is 16.9. The Bertz CT molecular complexity index is 1260. The highest BCUT2D eigenvalue weighted by molar-refractivity contribution is 7.99. The second-order valence-corrected chi connectivity index (χ2v) is 7.74. The maximum Gasteiger partial charge on any atom is 0.231 e. The van der Waals surface area contributed by atoms with Crippen molar-refractivity contribution >= 4 is 29.2 Å². The molecule has 0 saturated carbocycles. The topological polar surface area (TPSA) is 95.2 Å². The lowest BCUT2D eigenvalue weighted by molar-refractivity contribution is 0.174. The number of anilines is 3. The quantitative estimate of drug-likeness (QED) is 0.460. The number of nitrogens with one attached hydrogen (secondary N) is 1. The number of nitrogens with two attached hydrogens (primary N) is 1. The van der Waals surface area contributed by atoms with Gasteiger partial charge < -0.3 is 20.5 Å². The van der Waals surface area contributed by atoms with Gasteiger partial charge in [0, 0.05) is 39.5 Å². The van der Waals surface area contributed by atoms with Crippen molar-refractivity contribution in [1.29, 1.82) is 0 Å². The first kappa shape index (κ1) is 19.1. The number of aromatic nitrogens is 3. The van der Waals surface area contributed by atoms with Crippen molar-refractivity contribution in [3.63, 3.8) is 0 Å².